The first-order valence-electron chi connectivity index (χ1n) is 11.0. The number of methoxy groups -OCH3 is 1. The number of benzene rings is 2. The molecule has 2 aromatic carbocycles. The zero-order valence-corrected chi connectivity index (χ0v) is 22.7. The second-order valence-electron chi connectivity index (χ2n) is 8.18. The van der Waals surface area contributed by atoms with Gasteiger partial charge in [0.1, 0.15) is 18.3 Å². The van der Waals surface area contributed by atoms with Crippen molar-refractivity contribution in [3.8, 4) is 5.75 Å². The van der Waals surface area contributed by atoms with Crippen LogP contribution in [0.1, 0.15) is 32.8 Å². The van der Waals surface area contributed by atoms with E-state index in [0.29, 0.717) is 27.8 Å². The van der Waals surface area contributed by atoms with Gasteiger partial charge in [-0.15, -0.1) is 0 Å². The normalized spacial score (nSPS) is 13.0. The lowest BCUT2D eigenvalue weighted by molar-refractivity contribution is -0.139. The minimum absolute atomic E-state index is 0.0767. The van der Waals surface area contributed by atoms with Gasteiger partial charge in [-0.3, -0.25) is 13.9 Å². The molecule has 0 aliphatic carbocycles. The van der Waals surface area contributed by atoms with Crippen molar-refractivity contribution >= 4 is 50.7 Å². The highest BCUT2D eigenvalue weighted by Crippen LogP contribution is 2.27. The highest BCUT2D eigenvalue weighted by molar-refractivity contribution is 7.92. The molecule has 11 heteroatoms. The maximum Gasteiger partial charge on any atom is 0.244 e. The average molecular weight is 545 g/mol. The van der Waals surface area contributed by atoms with Crippen LogP contribution in [0.2, 0.25) is 10.0 Å². The maximum atomic E-state index is 13.6. The van der Waals surface area contributed by atoms with E-state index in [-0.39, 0.29) is 24.2 Å². The van der Waals surface area contributed by atoms with Crippen molar-refractivity contribution in [2.45, 2.75) is 45.8 Å². The van der Waals surface area contributed by atoms with Gasteiger partial charge in [0.25, 0.3) is 0 Å². The quantitative estimate of drug-likeness (QED) is 0.460. The van der Waals surface area contributed by atoms with E-state index in [1.165, 1.54) is 12.0 Å². The lowest BCUT2D eigenvalue weighted by Gasteiger charge is -2.32. The van der Waals surface area contributed by atoms with Crippen LogP contribution in [0.4, 0.5) is 5.69 Å². The molecule has 0 saturated heterocycles. The van der Waals surface area contributed by atoms with Crippen molar-refractivity contribution in [1.29, 1.82) is 0 Å². The van der Waals surface area contributed by atoms with E-state index in [0.717, 1.165) is 10.6 Å². The van der Waals surface area contributed by atoms with E-state index in [1.54, 1.807) is 49.4 Å². The van der Waals surface area contributed by atoms with E-state index in [1.807, 2.05) is 13.8 Å². The van der Waals surface area contributed by atoms with Gasteiger partial charge in [-0.1, -0.05) is 36.2 Å². The third kappa shape index (κ3) is 7.75. The summed E-state index contributed by atoms with van der Waals surface area (Å²) in [6, 6.07) is 10.2. The van der Waals surface area contributed by atoms with Crippen molar-refractivity contribution in [1.82, 2.24) is 10.2 Å². The number of nitrogens with one attached hydrogen (secondary N) is 1. The van der Waals surface area contributed by atoms with Crippen molar-refractivity contribution in [2.75, 3.05) is 24.2 Å². The summed E-state index contributed by atoms with van der Waals surface area (Å²) in [5, 5.41) is 3.53. The molecule has 192 valence electrons. The van der Waals surface area contributed by atoms with Gasteiger partial charge >= 0.3 is 0 Å². The van der Waals surface area contributed by atoms with Gasteiger partial charge in [0, 0.05) is 28.2 Å². The molecule has 0 bridgehead atoms. The number of hydrogen-bond donors (Lipinski definition) is 1. The van der Waals surface area contributed by atoms with Crippen LogP contribution in [0, 0.1) is 0 Å². The second-order valence-corrected chi connectivity index (χ2v) is 10.9. The van der Waals surface area contributed by atoms with Gasteiger partial charge in [0.05, 0.1) is 19.1 Å². The van der Waals surface area contributed by atoms with E-state index >= 15 is 0 Å². The largest absolute Gasteiger partial charge is 0.497 e. The minimum Gasteiger partial charge on any atom is -0.497 e. The summed E-state index contributed by atoms with van der Waals surface area (Å²) in [6.07, 6.45) is 1.72. The van der Waals surface area contributed by atoms with Crippen LogP contribution in [0.15, 0.2) is 42.5 Å². The van der Waals surface area contributed by atoms with E-state index in [9.17, 15) is 18.0 Å². The molecule has 0 heterocycles. The minimum atomic E-state index is -3.83. The summed E-state index contributed by atoms with van der Waals surface area (Å²) in [5.41, 5.74) is 0.747. The molecule has 0 unspecified atom stereocenters. The fourth-order valence-corrected chi connectivity index (χ4v) is 4.63. The molecule has 0 fully saturated rings. The van der Waals surface area contributed by atoms with E-state index in [4.69, 9.17) is 27.9 Å². The van der Waals surface area contributed by atoms with Gasteiger partial charge in [-0.2, -0.15) is 0 Å². The summed E-state index contributed by atoms with van der Waals surface area (Å²) in [4.78, 5) is 27.8. The average Bonchev–Trinajstić information content (AvgIpc) is 2.81. The van der Waals surface area contributed by atoms with Crippen molar-refractivity contribution in [3.63, 3.8) is 0 Å². The van der Waals surface area contributed by atoms with Gasteiger partial charge in [0.2, 0.25) is 21.8 Å². The summed E-state index contributed by atoms with van der Waals surface area (Å²) >= 11 is 12.7. The Balaban J connectivity index is 2.43. The maximum absolute atomic E-state index is 13.6. The molecule has 2 aromatic rings. The summed E-state index contributed by atoms with van der Waals surface area (Å²) in [6.45, 7) is 4.77. The zero-order chi connectivity index (χ0) is 26.3. The van der Waals surface area contributed by atoms with Crippen LogP contribution >= 0.6 is 23.2 Å². The van der Waals surface area contributed by atoms with Gasteiger partial charge in [0.15, 0.2) is 0 Å². The molecule has 35 heavy (non-hydrogen) atoms. The SMILES string of the molecule is CC[C@@H](C)NC(=O)[C@@H](C)N(Cc1c(Cl)cccc1Cl)C(=O)CN(c1ccc(OC)cc1)S(C)(=O)=O. The first kappa shape index (κ1) is 28.7. The molecule has 2 amide bonds. The number of amides is 2. The third-order valence-electron chi connectivity index (χ3n) is 5.60. The third-order valence-corrected chi connectivity index (χ3v) is 7.45. The fraction of sp³-hybridized carbons (Fsp3) is 0.417. The number of ether oxygens (including phenoxy) is 1. The van der Waals surface area contributed by atoms with Gasteiger partial charge in [-0.05, 0) is 56.7 Å². The predicted molar refractivity (Wildman–Crippen MR) is 140 cm³/mol. The van der Waals surface area contributed by atoms with Crippen LogP contribution in [-0.4, -0.2) is 57.1 Å². The standard InChI is InChI=1S/C24H31Cl2N3O5S/c1-6-16(2)27-24(31)17(3)28(14-20-21(25)8-7-9-22(20)26)23(30)15-29(35(5,32)33)18-10-12-19(34-4)13-11-18/h7-13,16-17H,6,14-15H2,1-5H3,(H,27,31)/t16-,17-/m1/s1. The molecular formula is C24H31Cl2N3O5S. The van der Waals surface area contributed by atoms with Gasteiger partial charge in [-0.25, -0.2) is 8.42 Å². The van der Waals surface area contributed by atoms with Crippen molar-refractivity contribution in [3.05, 3.63) is 58.1 Å². The topological polar surface area (TPSA) is 96.0 Å². The molecule has 8 nitrogen and oxygen atoms in total. The van der Waals surface area contributed by atoms with Crippen LogP contribution in [0.25, 0.3) is 0 Å². The molecule has 0 aliphatic rings. The Kier molecular flexibility index (Phi) is 10.2. The van der Waals surface area contributed by atoms with Crippen LogP contribution in [0.5, 0.6) is 5.75 Å². The molecule has 0 aliphatic heterocycles. The van der Waals surface area contributed by atoms with Crippen LogP contribution < -0.4 is 14.4 Å². The Morgan fingerprint density at radius 1 is 1.06 bits per heavy atom. The number of rotatable bonds is 11. The zero-order valence-electron chi connectivity index (χ0n) is 20.4. The number of carbonyl (C=O) groups is 2. The Hall–Kier alpha value is -2.49. The Labute approximate surface area is 217 Å². The number of halogens is 2. The molecule has 1 N–H and O–H groups in total. The summed E-state index contributed by atoms with van der Waals surface area (Å²) in [5.74, 6) is -0.417. The smallest absolute Gasteiger partial charge is 0.244 e. The molecule has 0 aromatic heterocycles. The number of anilines is 1. The Morgan fingerprint density at radius 2 is 1.63 bits per heavy atom. The highest BCUT2D eigenvalue weighted by Gasteiger charge is 2.31. The Bertz CT molecular complexity index is 1120. The second kappa shape index (κ2) is 12.5. The summed E-state index contributed by atoms with van der Waals surface area (Å²) < 4.78 is 31.3. The fourth-order valence-electron chi connectivity index (χ4n) is 3.26. The number of carbonyl (C=O) groups excluding carboxylic acids is 2. The molecule has 2 rings (SSSR count). The monoisotopic (exact) mass is 543 g/mol. The molecule has 0 radical (unpaired) electrons. The number of sulfonamides is 1. The molecule has 2 atom stereocenters. The molecular weight excluding hydrogens is 513 g/mol. The first-order valence-corrected chi connectivity index (χ1v) is 13.6. The van der Waals surface area contributed by atoms with Crippen LogP contribution in [-0.2, 0) is 26.2 Å². The first-order chi connectivity index (χ1) is 16.4. The highest BCUT2D eigenvalue weighted by atomic mass is 35.5. The lowest BCUT2D eigenvalue weighted by Crippen LogP contribution is -2.52. The Morgan fingerprint density at radius 3 is 2.11 bits per heavy atom. The molecule has 0 saturated carbocycles. The lowest BCUT2D eigenvalue weighted by atomic mass is 10.1. The van der Waals surface area contributed by atoms with E-state index < -0.39 is 28.5 Å². The van der Waals surface area contributed by atoms with Crippen LogP contribution in [0.3, 0.4) is 0 Å². The number of hydrogen-bond acceptors (Lipinski definition) is 5. The van der Waals surface area contributed by atoms with Crippen molar-refractivity contribution < 1.29 is 22.7 Å². The van der Waals surface area contributed by atoms with Gasteiger partial charge < -0.3 is 15.0 Å². The molecule has 0 spiro atoms. The number of nitrogens with zero attached hydrogens (tertiary/aromatic N) is 2. The van der Waals surface area contributed by atoms with E-state index in [2.05, 4.69) is 5.32 Å². The van der Waals surface area contributed by atoms with Crippen molar-refractivity contribution in [2.24, 2.45) is 0 Å². The summed E-state index contributed by atoms with van der Waals surface area (Å²) in [7, 11) is -2.34. The predicted octanol–water partition coefficient (Wildman–Crippen LogP) is 4.10.